The highest BCUT2D eigenvalue weighted by Crippen LogP contribution is 2.25. The maximum Gasteiger partial charge on any atom is 0.243 e. The quantitative estimate of drug-likeness (QED) is 0.855. The van der Waals surface area contributed by atoms with Gasteiger partial charge in [-0.15, -0.1) is 0 Å². The predicted octanol–water partition coefficient (Wildman–Crippen LogP) is 2.21. The molecule has 0 spiro atoms. The van der Waals surface area contributed by atoms with E-state index in [2.05, 4.69) is 0 Å². The van der Waals surface area contributed by atoms with Crippen LogP contribution in [0.25, 0.3) is 0 Å². The number of rotatable bonds is 3. The van der Waals surface area contributed by atoms with Crippen LogP contribution in [0.3, 0.4) is 0 Å². The van der Waals surface area contributed by atoms with Crippen molar-refractivity contribution in [1.29, 1.82) is 5.26 Å². The van der Waals surface area contributed by atoms with E-state index in [1.807, 2.05) is 11.0 Å². The summed E-state index contributed by atoms with van der Waals surface area (Å²) in [6.07, 6.45) is 0. The van der Waals surface area contributed by atoms with Crippen molar-refractivity contribution in [3.05, 3.63) is 59.9 Å². The van der Waals surface area contributed by atoms with Crippen molar-refractivity contribution in [3.8, 4) is 6.07 Å². The molecule has 0 aliphatic carbocycles. The second-order valence-corrected chi connectivity index (χ2v) is 7.39. The molecule has 0 bridgehead atoms. The maximum absolute atomic E-state index is 13.7. The van der Waals surface area contributed by atoms with Crippen molar-refractivity contribution in [2.24, 2.45) is 0 Å². The monoisotopic (exact) mass is 345 g/mol. The molecule has 5 nitrogen and oxygen atoms in total. The van der Waals surface area contributed by atoms with Gasteiger partial charge in [0, 0.05) is 26.2 Å². The predicted molar refractivity (Wildman–Crippen MR) is 88.5 cm³/mol. The van der Waals surface area contributed by atoms with E-state index >= 15 is 0 Å². The fraction of sp³-hybridized carbons (Fsp3) is 0.235. The molecule has 0 unspecified atom stereocenters. The number of piperazine rings is 1. The van der Waals surface area contributed by atoms with E-state index < -0.39 is 15.8 Å². The number of hydrogen-bond donors (Lipinski definition) is 0. The zero-order chi connectivity index (χ0) is 17.2. The summed E-state index contributed by atoms with van der Waals surface area (Å²) in [5.74, 6) is -0.561. The summed E-state index contributed by atoms with van der Waals surface area (Å²) in [5.41, 5.74) is 0.506. The Labute approximate surface area is 140 Å². The van der Waals surface area contributed by atoms with Gasteiger partial charge in [-0.1, -0.05) is 24.3 Å². The van der Waals surface area contributed by atoms with Gasteiger partial charge < -0.3 is 4.90 Å². The van der Waals surface area contributed by atoms with Crippen LogP contribution >= 0.6 is 0 Å². The number of sulfonamides is 1. The van der Waals surface area contributed by atoms with Crippen LogP contribution in [0.15, 0.2) is 53.4 Å². The molecule has 24 heavy (non-hydrogen) atoms. The first-order valence-corrected chi connectivity index (χ1v) is 8.97. The van der Waals surface area contributed by atoms with Gasteiger partial charge in [-0.25, -0.2) is 12.8 Å². The van der Waals surface area contributed by atoms with E-state index in [0.29, 0.717) is 31.9 Å². The first kappa shape index (κ1) is 16.4. The number of nitrogens with zero attached hydrogens (tertiary/aromatic N) is 3. The van der Waals surface area contributed by atoms with Gasteiger partial charge >= 0.3 is 0 Å². The molecule has 2 aromatic carbocycles. The van der Waals surface area contributed by atoms with Crippen LogP contribution in [0.1, 0.15) is 5.56 Å². The molecule has 1 fully saturated rings. The zero-order valence-electron chi connectivity index (χ0n) is 12.9. The lowest BCUT2D eigenvalue weighted by Crippen LogP contribution is -2.48. The van der Waals surface area contributed by atoms with E-state index in [1.54, 1.807) is 42.5 Å². The summed E-state index contributed by atoms with van der Waals surface area (Å²) in [5, 5.41) is 9.14. The molecule has 1 aliphatic rings. The highest BCUT2D eigenvalue weighted by atomic mass is 32.2. The lowest BCUT2D eigenvalue weighted by Gasteiger charge is -2.35. The van der Waals surface area contributed by atoms with Crippen LogP contribution < -0.4 is 4.90 Å². The van der Waals surface area contributed by atoms with Gasteiger partial charge in [0.1, 0.15) is 17.4 Å². The van der Waals surface area contributed by atoms with Gasteiger partial charge in [-0.3, -0.25) is 0 Å². The van der Waals surface area contributed by atoms with E-state index in [-0.39, 0.29) is 10.5 Å². The smallest absolute Gasteiger partial charge is 0.243 e. The standard InChI is InChI=1S/C17H16FN3O2S/c18-16-7-4-8-17(15(16)13-19)20-9-11-21(12-10-20)24(22,23)14-5-2-1-3-6-14/h1-8H,9-12H2. The molecule has 2 aromatic rings. The van der Waals surface area contributed by atoms with E-state index in [4.69, 9.17) is 5.26 Å². The minimum absolute atomic E-state index is 0.00290. The minimum atomic E-state index is -3.52. The van der Waals surface area contributed by atoms with Crippen LogP contribution in [-0.2, 0) is 10.0 Å². The van der Waals surface area contributed by atoms with Crippen LogP contribution in [-0.4, -0.2) is 38.9 Å². The van der Waals surface area contributed by atoms with Crippen LogP contribution in [0.5, 0.6) is 0 Å². The second-order valence-electron chi connectivity index (χ2n) is 5.45. The molecule has 1 saturated heterocycles. The van der Waals surface area contributed by atoms with Crippen molar-refractivity contribution in [1.82, 2.24) is 4.31 Å². The van der Waals surface area contributed by atoms with Crippen molar-refractivity contribution >= 4 is 15.7 Å². The molecular formula is C17H16FN3O2S. The number of nitriles is 1. The fourth-order valence-electron chi connectivity index (χ4n) is 2.80. The van der Waals surface area contributed by atoms with E-state index in [1.165, 1.54) is 10.4 Å². The minimum Gasteiger partial charge on any atom is -0.368 e. The SMILES string of the molecule is N#Cc1c(F)cccc1N1CCN(S(=O)(=O)c2ccccc2)CC1. The Morgan fingerprint density at radius 1 is 0.958 bits per heavy atom. The molecule has 0 radical (unpaired) electrons. The average molecular weight is 345 g/mol. The van der Waals surface area contributed by atoms with Gasteiger partial charge in [0.25, 0.3) is 0 Å². The third kappa shape index (κ3) is 2.98. The molecule has 0 N–H and O–H groups in total. The summed E-state index contributed by atoms with van der Waals surface area (Å²) in [4.78, 5) is 2.11. The molecule has 124 valence electrons. The Balaban J connectivity index is 1.78. The second kappa shape index (κ2) is 6.59. The summed E-state index contributed by atoms with van der Waals surface area (Å²) >= 11 is 0. The topological polar surface area (TPSA) is 64.4 Å². The zero-order valence-corrected chi connectivity index (χ0v) is 13.7. The molecule has 7 heteroatoms. The lowest BCUT2D eigenvalue weighted by atomic mass is 10.1. The highest BCUT2D eigenvalue weighted by Gasteiger charge is 2.29. The normalized spacial score (nSPS) is 15.9. The summed E-state index contributed by atoms with van der Waals surface area (Å²) in [7, 11) is -3.52. The van der Waals surface area contributed by atoms with Crippen LogP contribution in [0, 0.1) is 17.1 Å². The van der Waals surface area contributed by atoms with Gasteiger partial charge in [-0.05, 0) is 24.3 Å². The van der Waals surface area contributed by atoms with E-state index in [0.717, 1.165) is 0 Å². The Kier molecular flexibility index (Phi) is 4.51. The maximum atomic E-state index is 13.7. The van der Waals surface area contributed by atoms with Crippen molar-refractivity contribution in [2.45, 2.75) is 4.90 Å². The fourth-order valence-corrected chi connectivity index (χ4v) is 4.24. The third-order valence-corrected chi connectivity index (χ3v) is 5.98. The Morgan fingerprint density at radius 3 is 2.25 bits per heavy atom. The van der Waals surface area contributed by atoms with Crippen molar-refractivity contribution in [3.63, 3.8) is 0 Å². The number of anilines is 1. The number of hydrogen-bond acceptors (Lipinski definition) is 4. The molecule has 1 aliphatic heterocycles. The Hall–Kier alpha value is -2.43. The summed E-state index contributed by atoms with van der Waals surface area (Å²) in [6.45, 7) is 1.39. The molecule has 0 saturated carbocycles. The molecule has 1 heterocycles. The lowest BCUT2D eigenvalue weighted by molar-refractivity contribution is 0.384. The summed E-state index contributed by atoms with van der Waals surface area (Å²) in [6, 6.07) is 14.7. The van der Waals surface area contributed by atoms with Gasteiger partial charge in [0.15, 0.2) is 0 Å². The molecule has 0 aromatic heterocycles. The largest absolute Gasteiger partial charge is 0.368 e. The molecule has 0 atom stereocenters. The molecule has 0 amide bonds. The average Bonchev–Trinajstić information content (AvgIpc) is 2.62. The van der Waals surface area contributed by atoms with Gasteiger partial charge in [0.05, 0.1) is 10.6 Å². The van der Waals surface area contributed by atoms with Crippen LogP contribution in [0.4, 0.5) is 10.1 Å². The van der Waals surface area contributed by atoms with Gasteiger partial charge in [0.2, 0.25) is 10.0 Å². The van der Waals surface area contributed by atoms with Crippen LogP contribution in [0.2, 0.25) is 0 Å². The van der Waals surface area contributed by atoms with Gasteiger partial charge in [-0.2, -0.15) is 9.57 Å². The Morgan fingerprint density at radius 2 is 1.62 bits per heavy atom. The van der Waals surface area contributed by atoms with Crippen molar-refractivity contribution in [2.75, 3.05) is 31.1 Å². The molecule has 3 rings (SSSR count). The number of halogens is 1. The highest BCUT2D eigenvalue weighted by molar-refractivity contribution is 7.89. The van der Waals surface area contributed by atoms with E-state index in [9.17, 15) is 12.8 Å². The van der Waals surface area contributed by atoms with Crippen molar-refractivity contribution < 1.29 is 12.8 Å². The first-order valence-electron chi connectivity index (χ1n) is 7.53. The summed E-state index contributed by atoms with van der Waals surface area (Å²) < 4.78 is 40.4. The Bertz CT molecular complexity index is 870. The first-order chi connectivity index (χ1) is 11.5. The molecular weight excluding hydrogens is 329 g/mol. The third-order valence-electron chi connectivity index (χ3n) is 4.06. The number of benzene rings is 2.